The second-order valence-corrected chi connectivity index (χ2v) is 3.92. The van der Waals surface area contributed by atoms with E-state index < -0.39 is 0 Å². The van der Waals surface area contributed by atoms with Gasteiger partial charge in [0.2, 0.25) is 0 Å². The summed E-state index contributed by atoms with van der Waals surface area (Å²) in [7, 11) is 1.67. The van der Waals surface area contributed by atoms with Gasteiger partial charge in [0.25, 0.3) is 0 Å². The van der Waals surface area contributed by atoms with E-state index in [0.717, 1.165) is 24.4 Å². The molecule has 1 aromatic rings. The first-order chi connectivity index (χ1) is 8.81. The molecule has 98 valence electrons. The molecule has 0 aliphatic carbocycles. The van der Waals surface area contributed by atoms with Crippen LogP contribution in [0, 0.1) is 0 Å². The van der Waals surface area contributed by atoms with Crippen LogP contribution < -0.4 is 4.74 Å². The van der Waals surface area contributed by atoms with Crippen molar-refractivity contribution in [3.05, 3.63) is 48.6 Å². The monoisotopic (exact) mass is 247 g/mol. The van der Waals surface area contributed by atoms with Crippen molar-refractivity contribution in [1.29, 1.82) is 0 Å². The van der Waals surface area contributed by atoms with Crippen molar-refractivity contribution < 1.29 is 9.84 Å². The highest BCUT2D eigenvalue weighted by molar-refractivity contribution is 5.57. The summed E-state index contributed by atoms with van der Waals surface area (Å²) in [6.07, 6.45) is 5.94. The Hall–Kier alpha value is -1.58. The van der Waals surface area contributed by atoms with Crippen LogP contribution in [0.25, 0.3) is 6.08 Å². The molecule has 0 aliphatic heterocycles. The van der Waals surface area contributed by atoms with E-state index in [4.69, 9.17) is 9.84 Å². The van der Waals surface area contributed by atoms with E-state index >= 15 is 0 Å². The quantitative estimate of drug-likeness (QED) is 0.715. The lowest BCUT2D eigenvalue weighted by molar-refractivity contribution is 0.220. The predicted molar refractivity (Wildman–Crippen MR) is 75.8 cm³/mol. The lowest BCUT2D eigenvalue weighted by Crippen LogP contribution is -2.27. The molecule has 0 atom stereocenters. The van der Waals surface area contributed by atoms with Crippen molar-refractivity contribution >= 4 is 6.08 Å². The standard InChI is InChI=1S/C15H21NO2/c1-3-10-16(12-13-17)11-6-8-14-7-4-5-9-15(14)18-2/h3-9,17H,1,10-13H2,2H3/b8-6+. The highest BCUT2D eigenvalue weighted by Gasteiger charge is 2.00. The number of benzene rings is 1. The van der Waals surface area contributed by atoms with Crippen molar-refractivity contribution in [2.75, 3.05) is 33.4 Å². The van der Waals surface area contributed by atoms with Gasteiger partial charge < -0.3 is 9.84 Å². The van der Waals surface area contributed by atoms with Gasteiger partial charge in [-0.2, -0.15) is 0 Å². The van der Waals surface area contributed by atoms with E-state index in [9.17, 15) is 0 Å². The smallest absolute Gasteiger partial charge is 0.126 e. The third-order valence-corrected chi connectivity index (χ3v) is 2.60. The molecular formula is C15H21NO2. The second-order valence-electron chi connectivity index (χ2n) is 3.92. The van der Waals surface area contributed by atoms with Crippen molar-refractivity contribution in [1.82, 2.24) is 4.90 Å². The minimum atomic E-state index is 0.163. The van der Waals surface area contributed by atoms with Crippen molar-refractivity contribution in [3.8, 4) is 5.75 Å². The molecule has 0 fully saturated rings. The number of rotatable bonds is 8. The van der Waals surface area contributed by atoms with Gasteiger partial charge in [-0.05, 0) is 6.07 Å². The molecule has 18 heavy (non-hydrogen) atoms. The van der Waals surface area contributed by atoms with Gasteiger partial charge in [-0.1, -0.05) is 36.4 Å². The maximum Gasteiger partial charge on any atom is 0.126 e. The number of methoxy groups -OCH3 is 1. The van der Waals surface area contributed by atoms with Crippen LogP contribution in [0.1, 0.15) is 5.56 Å². The summed E-state index contributed by atoms with van der Waals surface area (Å²) in [5.41, 5.74) is 1.06. The van der Waals surface area contributed by atoms with E-state index in [1.54, 1.807) is 7.11 Å². The molecule has 1 aromatic carbocycles. The van der Waals surface area contributed by atoms with Crippen LogP contribution in [0.4, 0.5) is 0 Å². The molecule has 0 saturated carbocycles. The zero-order valence-corrected chi connectivity index (χ0v) is 10.9. The summed E-state index contributed by atoms with van der Waals surface area (Å²) in [5, 5.41) is 8.94. The first-order valence-corrected chi connectivity index (χ1v) is 6.05. The number of ether oxygens (including phenoxy) is 1. The molecular weight excluding hydrogens is 226 g/mol. The van der Waals surface area contributed by atoms with Crippen molar-refractivity contribution in [2.24, 2.45) is 0 Å². The second kappa shape index (κ2) is 8.50. The van der Waals surface area contributed by atoms with E-state index in [0.29, 0.717) is 6.54 Å². The number of nitrogens with zero attached hydrogens (tertiary/aromatic N) is 1. The molecule has 0 radical (unpaired) electrons. The van der Waals surface area contributed by atoms with Crippen LogP contribution in [0.3, 0.4) is 0 Å². The van der Waals surface area contributed by atoms with Crippen LogP contribution in [0.2, 0.25) is 0 Å². The van der Waals surface area contributed by atoms with Crippen LogP contribution >= 0.6 is 0 Å². The maximum absolute atomic E-state index is 8.94. The first-order valence-electron chi connectivity index (χ1n) is 6.05. The molecule has 0 unspecified atom stereocenters. The number of aliphatic hydroxyl groups is 1. The van der Waals surface area contributed by atoms with Gasteiger partial charge in [0.05, 0.1) is 13.7 Å². The molecule has 0 aromatic heterocycles. The number of aliphatic hydroxyl groups excluding tert-OH is 1. The Morgan fingerprint density at radius 1 is 1.33 bits per heavy atom. The summed E-state index contributed by atoms with van der Waals surface area (Å²) in [5.74, 6) is 0.867. The number of hydrogen-bond donors (Lipinski definition) is 1. The Morgan fingerprint density at radius 2 is 2.11 bits per heavy atom. The summed E-state index contributed by atoms with van der Waals surface area (Å²) >= 11 is 0. The fraction of sp³-hybridized carbons (Fsp3) is 0.333. The summed E-state index contributed by atoms with van der Waals surface area (Å²) in [6.45, 7) is 6.08. The van der Waals surface area contributed by atoms with E-state index in [2.05, 4.69) is 17.6 Å². The maximum atomic E-state index is 8.94. The van der Waals surface area contributed by atoms with E-state index in [-0.39, 0.29) is 6.61 Å². The summed E-state index contributed by atoms with van der Waals surface area (Å²) < 4.78 is 5.28. The zero-order chi connectivity index (χ0) is 13.2. The fourth-order valence-electron chi connectivity index (χ4n) is 1.71. The van der Waals surface area contributed by atoms with Crippen LogP contribution in [0.5, 0.6) is 5.75 Å². The van der Waals surface area contributed by atoms with E-state index in [1.165, 1.54) is 0 Å². The molecule has 0 saturated heterocycles. The van der Waals surface area contributed by atoms with Crippen LogP contribution in [-0.4, -0.2) is 43.4 Å². The van der Waals surface area contributed by atoms with Crippen LogP contribution in [-0.2, 0) is 0 Å². The van der Waals surface area contributed by atoms with Crippen LogP contribution in [0.15, 0.2) is 43.0 Å². The van der Waals surface area contributed by atoms with Gasteiger partial charge >= 0.3 is 0 Å². The lowest BCUT2D eigenvalue weighted by Gasteiger charge is -2.16. The van der Waals surface area contributed by atoms with Gasteiger partial charge in [-0.15, -0.1) is 6.58 Å². The Bertz CT molecular complexity index is 388. The molecule has 3 heteroatoms. The van der Waals surface area contributed by atoms with Gasteiger partial charge in [0.15, 0.2) is 0 Å². The molecule has 0 bridgehead atoms. The first kappa shape index (κ1) is 14.5. The number of hydrogen-bond acceptors (Lipinski definition) is 3. The lowest BCUT2D eigenvalue weighted by atomic mass is 10.2. The highest BCUT2D eigenvalue weighted by atomic mass is 16.5. The Morgan fingerprint density at radius 3 is 2.78 bits per heavy atom. The molecule has 3 nitrogen and oxygen atoms in total. The van der Waals surface area contributed by atoms with Crippen molar-refractivity contribution in [3.63, 3.8) is 0 Å². The predicted octanol–water partition coefficient (Wildman–Crippen LogP) is 2.19. The zero-order valence-electron chi connectivity index (χ0n) is 10.9. The third kappa shape index (κ3) is 4.73. The number of para-hydroxylation sites is 1. The Kier molecular flexibility index (Phi) is 6.84. The molecule has 0 heterocycles. The largest absolute Gasteiger partial charge is 0.496 e. The molecule has 0 amide bonds. The minimum Gasteiger partial charge on any atom is -0.496 e. The van der Waals surface area contributed by atoms with Gasteiger partial charge in [0.1, 0.15) is 5.75 Å². The molecule has 0 aliphatic rings. The van der Waals surface area contributed by atoms with Gasteiger partial charge in [-0.3, -0.25) is 4.90 Å². The Balaban J connectivity index is 2.59. The molecule has 1 rings (SSSR count). The third-order valence-electron chi connectivity index (χ3n) is 2.60. The normalized spacial score (nSPS) is 11.1. The average Bonchev–Trinajstić information content (AvgIpc) is 2.40. The fourth-order valence-corrected chi connectivity index (χ4v) is 1.71. The average molecular weight is 247 g/mol. The minimum absolute atomic E-state index is 0.163. The summed E-state index contributed by atoms with van der Waals surface area (Å²) in [4.78, 5) is 2.11. The van der Waals surface area contributed by atoms with Gasteiger partial charge in [-0.25, -0.2) is 0 Å². The topological polar surface area (TPSA) is 32.7 Å². The van der Waals surface area contributed by atoms with E-state index in [1.807, 2.05) is 36.4 Å². The highest BCUT2D eigenvalue weighted by Crippen LogP contribution is 2.18. The van der Waals surface area contributed by atoms with Crippen molar-refractivity contribution in [2.45, 2.75) is 0 Å². The molecule has 1 N–H and O–H groups in total. The Labute approximate surface area is 109 Å². The van der Waals surface area contributed by atoms with Gasteiger partial charge in [0, 0.05) is 25.2 Å². The summed E-state index contributed by atoms with van der Waals surface area (Å²) in [6, 6.07) is 7.89. The molecule has 0 spiro atoms. The SMILES string of the molecule is C=CCN(C/C=C/c1ccccc1OC)CCO.